The zero-order chi connectivity index (χ0) is 19.0. The van der Waals surface area contributed by atoms with Crippen molar-refractivity contribution >= 4 is 11.7 Å². The average Bonchev–Trinajstić information content (AvgIpc) is 2.72. The fourth-order valence-corrected chi connectivity index (χ4v) is 4.75. The number of fused-ring (bicyclic) bond motifs is 2. The van der Waals surface area contributed by atoms with Crippen molar-refractivity contribution in [3.8, 4) is 5.75 Å². The minimum absolute atomic E-state index is 0.0187. The molecule has 1 saturated carbocycles. The molecule has 0 radical (unpaired) electrons. The second-order valence-electron chi connectivity index (χ2n) is 8.27. The number of hydrogen-bond donors (Lipinski definition) is 1. The Bertz CT molecular complexity index is 845. The topological polar surface area (TPSA) is 67.4 Å². The molecule has 1 saturated heterocycles. The number of carbonyl (C=O) groups excluding carboxylic acids is 1. The molecule has 3 heterocycles. The first-order chi connectivity index (χ1) is 13.7. The SMILES string of the molecule is O=C(NC1CCC1)C1CC2(CCN(c3cnccn3)CC2)c2ccccc2O1. The number of ether oxygens (including phenoxy) is 1. The van der Waals surface area contributed by atoms with Crippen molar-refractivity contribution in [3.05, 3.63) is 48.4 Å². The fraction of sp³-hybridized carbons (Fsp3) is 0.500. The molecule has 1 aromatic heterocycles. The average molecular weight is 378 g/mol. The van der Waals surface area contributed by atoms with Crippen molar-refractivity contribution in [2.45, 2.75) is 56.1 Å². The number of aromatic nitrogens is 2. The normalized spacial score (nSPS) is 23.4. The maximum atomic E-state index is 12.9. The van der Waals surface area contributed by atoms with E-state index >= 15 is 0 Å². The van der Waals surface area contributed by atoms with E-state index in [0.29, 0.717) is 6.04 Å². The molecule has 1 unspecified atom stereocenters. The van der Waals surface area contributed by atoms with Gasteiger partial charge in [-0.15, -0.1) is 0 Å². The number of rotatable bonds is 3. The zero-order valence-corrected chi connectivity index (χ0v) is 16.0. The molecule has 1 atom stereocenters. The molecule has 5 rings (SSSR count). The Kier molecular flexibility index (Phi) is 4.41. The van der Waals surface area contributed by atoms with Gasteiger partial charge < -0.3 is 15.0 Å². The van der Waals surface area contributed by atoms with E-state index < -0.39 is 6.10 Å². The molecule has 6 nitrogen and oxygen atoms in total. The summed E-state index contributed by atoms with van der Waals surface area (Å²) in [6.45, 7) is 1.81. The molecular weight excluding hydrogens is 352 g/mol. The van der Waals surface area contributed by atoms with Crippen LogP contribution in [0.1, 0.15) is 44.1 Å². The van der Waals surface area contributed by atoms with Gasteiger partial charge in [0, 0.05) is 48.9 Å². The van der Waals surface area contributed by atoms with E-state index in [0.717, 1.165) is 56.8 Å². The third-order valence-electron chi connectivity index (χ3n) is 6.64. The minimum Gasteiger partial charge on any atom is -0.480 e. The molecule has 28 heavy (non-hydrogen) atoms. The molecule has 1 aromatic carbocycles. The number of piperidine rings is 1. The van der Waals surface area contributed by atoms with Crippen molar-refractivity contribution < 1.29 is 9.53 Å². The summed E-state index contributed by atoms with van der Waals surface area (Å²) in [6.07, 6.45) is 11.0. The first-order valence-electron chi connectivity index (χ1n) is 10.3. The molecule has 2 aromatic rings. The summed E-state index contributed by atoms with van der Waals surface area (Å²) >= 11 is 0. The molecular formula is C22H26N4O2. The lowest BCUT2D eigenvalue weighted by Crippen LogP contribution is -2.53. The van der Waals surface area contributed by atoms with Crippen LogP contribution in [0.5, 0.6) is 5.75 Å². The van der Waals surface area contributed by atoms with Gasteiger partial charge in [0.1, 0.15) is 11.6 Å². The quantitative estimate of drug-likeness (QED) is 0.890. The summed E-state index contributed by atoms with van der Waals surface area (Å²) in [4.78, 5) is 23.8. The predicted molar refractivity (Wildman–Crippen MR) is 106 cm³/mol. The fourth-order valence-electron chi connectivity index (χ4n) is 4.75. The van der Waals surface area contributed by atoms with Crippen molar-refractivity contribution in [2.24, 2.45) is 0 Å². The van der Waals surface area contributed by atoms with E-state index in [1.807, 2.05) is 18.3 Å². The van der Waals surface area contributed by atoms with Crippen LogP contribution in [0.25, 0.3) is 0 Å². The number of nitrogens with one attached hydrogen (secondary N) is 1. The lowest BCUT2D eigenvalue weighted by molar-refractivity contribution is -0.131. The number of nitrogens with zero attached hydrogens (tertiary/aromatic N) is 3. The van der Waals surface area contributed by atoms with Gasteiger partial charge in [-0.2, -0.15) is 0 Å². The van der Waals surface area contributed by atoms with E-state index in [4.69, 9.17) is 4.74 Å². The van der Waals surface area contributed by atoms with E-state index in [1.54, 1.807) is 12.4 Å². The lowest BCUT2D eigenvalue weighted by atomic mass is 9.67. The molecule has 1 spiro atoms. The van der Waals surface area contributed by atoms with Crippen LogP contribution >= 0.6 is 0 Å². The van der Waals surface area contributed by atoms with E-state index in [-0.39, 0.29) is 11.3 Å². The Morgan fingerprint density at radius 3 is 2.71 bits per heavy atom. The van der Waals surface area contributed by atoms with Gasteiger partial charge in [0.2, 0.25) is 0 Å². The monoisotopic (exact) mass is 378 g/mol. The highest BCUT2D eigenvalue weighted by atomic mass is 16.5. The van der Waals surface area contributed by atoms with E-state index in [2.05, 4.69) is 32.3 Å². The summed E-state index contributed by atoms with van der Waals surface area (Å²) in [7, 11) is 0. The third kappa shape index (κ3) is 3.11. The summed E-state index contributed by atoms with van der Waals surface area (Å²) in [5, 5.41) is 3.18. The molecule has 1 amide bonds. The Morgan fingerprint density at radius 1 is 1.18 bits per heavy atom. The minimum atomic E-state index is -0.404. The summed E-state index contributed by atoms with van der Waals surface area (Å²) < 4.78 is 6.15. The van der Waals surface area contributed by atoms with Crippen LogP contribution in [0.4, 0.5) is 5.82 Å². The van der Waals surface area contributed by atoms with Gasteiger partial charge >= 0.3 is 0 Å². The van der Waals surface area contributed by atoms with Crippen LogP contribution in [0.3, 0.4) is 0 Å². The van der Waals surface area contributed by atoms with Crippen LogP contribution < -0.4 is 15.0 Å². The smallest absolute Gasteiger partial charge is 0.261 e. The maximum absolute atomic E-state index is 12.9. The Hall–Kier alpha value is -2.63. The van der Waals surface area contributed by atoms with Crippen molar-refractivity contribution in [3.63, 3.8) is 0 Å². The molecule has 0 bridgehead atoms. The molecule has 2 aliphatic heterocycles. The van der Waals surface area contributed by atoms with E-state index in [9.17, 15) is 4.79 Å². The van der Waals surface area contributed by atoms with Gasteiger partial charge in [-0.25, -0.2) is 4.98 Å². The van der Waals surface area contributed by atoms with Crippen LogP contribution in [-0.4, -0.2) is 41.1 Å². The van der Waals surface area contributed by atoms with Crippen molar-refractivity contribution in [1.82, 2.24) is 15.3 Å². The molecule has 6 heteroatoms. The first-order valence-corrected chi connectivity index (χ1v) is 10.3. The number of para-hydroxylation sites is 1. The second kappa shape index (κ2) is 7.08. The summed E-state index contributed by atoms with van der Waals surface area (Å²) in [5.74, 6) is 1.85. The van der Waals surface area contributed by atoms with Gasteiger partial charge in [0.05, 0.1) is 6.20 Å². The highest BCUT2D eigenvalue weighted by Crippen LogP contribution is 2.47. The molecule has 2 fully saturated rings. The lowest BCUT2D eigenvalue weighted by Gasteiger charge is -2.47. The van der Waals surface area contributed by atoms with Gasteiger partial charge in [-0.3, -0.25) is 9.78 Å². The van der Waals surface area contributed by atoms with Crippen molar-refractivity contribution in [1.29, 1.82) is 0 Å². The Balaban J connectivity index is 1.37. The summed E-state index contributed by atoms with van der Waals surface area (Å²) in [6, 6.07) is 8.59. The molecule has 1 aliphatic carbocycles. The van der Waals surface area contributed by atoms with Crippen molar-refractivity contribution in [2.75, 3.05) is 18.0 Å². The number of anilines is 1. The van der Waals surface area contributed by atoms with Crippen LogP contribution in [-0.2, 0) is 10.2 Å². The van der Waals surface area contributed by atoms with Crippen LogP contribution in [0.2, 0.25) is 0 Å². The van der Waals surface area contributed by atoms with Gasteiger partial charge in [-0.1, -0.05) is 18.2 Å². The zero-order valence-electron chi connectivity index (χ0n) is 16.0. The predicted octanol–water partition coefficient (Wildman–Crippen LogP) is 2.83. The van der Waals surface area contributed by atoms with Gasteiger partial charge in [0.15, 0.2) is 6.10 Å². The first kappa shape index (κ1) is 17.5. The van der Waals surface area contributed by atoms with Crippen LogP contribution in [0, 0.1) is 0 Å². The maximum Gasteiger partial charge on any atom is 0.261 e. The molecule has 3 aliphatic rings. The third-order valence-corrected chi connectivity index (χ3v) is 6.64. The number of amides is 1. The Morgan fingerprint density at radius 2 is 2.00 bits per heavy atom. The van der Waals surface area contributed by atoms with E-state index in [1.165, 1.54) is 12.0 Å². The molecule has 1 N–H and O–H groups in total. The second-order valence-corrected chi connectivity index (χ2v) is 8.27. The number of carbonyl (C=O) groups is 1. The number of hydrogen-bond acceptors (Lipinski definition) is 5. The Labute approximate surface area is 165 Å². The van der Waals surface area contributed by atoms with Gasteiger partial charge in [-0.05, 0) is 38.2 Å². The standard InChI is InChI=1S/C22H26N4O2/c27-21(25-16-4-3-5-16)19-14-22(17-6-1-2-7-18(17)28-19)8-12-26(13-9-22)20-15-23-10-11-24-20/h1-2,6-7,10-11,15-16,19H,3-5,8-9,12-14H2,(H,25,27). The van der Waals surface area contributed by atoms with Gasteiger partial charge in [0.25, 0.3) is 5.91 Å². The molecule has 146 valence electrons. The highest BCUT2D eigenvalue weighted by Gasteiger charge is 2.46. The van der Waals surface area contributed by atoms with Crippen LogP contribution in [0.15, 0.2) is 42.9 Å². The largest absolute Gasteiger partial charge is 0.480 e. The number of benzene rings is 1. The highest BCUT2D eigenvalue weighted by molar-refractivity contribution is 5.82. The summed E-state index contributed by atoms with van der Waals surface area (Å²) in [5.41, 5.74) is 1.23.